The number of alkyl carbamates (subject to hydrolysis) is 1. The molecule has 1 unspecified atom stereocenters. The van der Waals surface area contributed by atoms with E-state index in [1.54, 1.807) is 37.7 Å². The molecule has 1 aliphatic rings. The number of rotatable bonds is 7. The lowest BCUT2D eigenvalue weighted by Gasteiger charge is -2.32. The predicted molar refractivity (Wildman–Crippen MR) is 148 cm³/mol. The first-order valence-corrected chi connectivity index (χ1v) is 13.3. The van der Waals surface area contributed by atoms with Crippen molar-refractivity contribution in [3.05, 3.63) is 39.8 Å². The lowest BCUT2D eigenvalue weighted by Crippen LogP contribution is -2.51. The minimum Gasteiger partial charge on any atom is -0.444 e. The van der Waals surface area contributed by atoms with Crippen LogP contribution in [0.2, 0.25) is 5.02 Å². The van der Waals surface area contributed by atoms with E-state index in [-0.39, 0.29) is 12.3 Å². The number of nitriles is 1. The lowest BCUT2D eigenvalue weighted by molar-refractivity contribution is 0.0460. The Morgan fingerprint density at radius 2 is 2.08 bits per heavy atom. The quantitative estimate of drug-likeness (QED) is 0.387. The van der Waals surface area contributed by atoms with Crippen molar-refractivity contribution in [3.8, 4) is 11.9 Å². The van der Waals surface area contributed by atoms with E-state index in [1.807, 2.05) is 6.07 Å². The van der Waals surface area contributed by atoms with E-state index >= 15 is 0 Å². The number of hydrogen-bond donors (Lipinski definition) is 2. The molecule has 3 N–H and O–H groups in total. The molecule has 1 atom stereocenters. The van der Waals surface area contributed by atoms with Crippen molar-refractivity contribution in [1.82, 2.24) is 24.8 Å². The van der Waals surface area contributed by atoms with E-state index in [2.05, 4.69) is 47.2 Å². The molecule has 12 nitrogen and oxygen atoms in total. The molecule has 39 heavy (non-hydrogen) atoms. The van der Waals surface area contributed by atoms with E-state index in [0.29, 0.717) is 48.7 Å². The molecule has 1 fully saturated rings. The maximum Gasteiger partial charge on any atom is 0.411 e. The van der Waals surface area contributed by atoms with Crippen LogP contribution >= 0.6 is 27.5 Å². The van der Waals surface area contributed by atoms with Crippen molar-refractivity contribution in [2.45, 2.75) is 57.7 Å². The Morgan fingerprint density at radius 1 is 1.31 bits per heavy atom. The van der Waals surface area contributed by atoms with Crippen LogP contribution in [0.15, 0.2) is 29.3 Å². The van der Waals surface area contributed by atoms with Crippen molar-refractivity contribution in [1.29, 1.82) is 5.26 Å². The standard InChI is InChI=1S/C25H28BrClN8O4/c1-24(2,3)39-23(37)33-25(5-4-7-28)6-8-34(12-25)18-10-15(27)9-17(26)16(18)11-35-14-32-19-20(35)30-13-31-21(19)38-22(29)36/h9-10,13-14H,4-6,8,11-12H2,1-3H3,(H2,29,36)(H,33,37). The Bertz CT molecular complexity index is 1450. The fourth-order valence-corrected chi connectivity index (χ4v) is 5.53. The molecule has 14 heteroatoms. The molecular weight excluding hydrogens is 592 g/mol. The summed E-state index contributed by atoms with van der Waals surface area (Å²) in [5.41, 5.74) is 6.33. The summed E-state index contributed by atoms with van der Waals surface area (Å²) in [5, 5.41) is 12.8. The Hall–Kier alpha value is -3.63. The topological polar surface area (TPSA) is 161 Å². The smallest absolute Gasteiger partial charge is 0.411 e. The van der Waals surface area contributed by atoms with E-state index in [0.717, 1.165) is 15.7 Å². The molecule has 2 amide bonds. The van der Waals surface area contributed by atoms with Crippen LogP contribution in [-0.2, 0) is 11.3 Å². The number of nitrogens with two attached hydrogens (primary N) is 1. The average Bonchev–Trinajstić information content (AvgIpc) is 3.43. The molecule has 1 aliphatic heterocycles. The van der Waals surface area contributed by atoms with Crippen molar-refractivity contribution >= 4 is 56.6 Å². The Balaban J connectivity index is 1.66. The monoisotopic (exact) mass is 618 g/mol. The summed E-state index contributed by atoms with van der Waals surface area (Å²) < 4.78 is 13.0. The number of anilines is 1. The number of benzene rings is 1. The van der Waals surface area contributed by atoms with Gasteiger partial charge in [-0.25, -0.2) is 19.6 Å². The van der Waals surface area contributed by atoms with Crippen LogP contribution in [0.4, 0.5) is 15.3 Å². The highest BCUT2D eigenvalue weighted by Crippen LogP contribution is 2.38. The fourth-order valence-electron chi connectivity index (χ4n) is 4.61. The zero-order valence-corrected chi connectivity index (χ0v) is 24.0. The minimum absolute atomic E-state index is 0.0309. The molecule has 0 aliphatic carbocycles. The Labute approximate surface area is 238 Å². The van der Waals surface area contributed by atoms with E-state index in [9.17, 15) is 14.9 Å². The highest BCUT2D eigenvalue weighted by molar-refractivity contribution is 9.10. The van der Waals surface area contributed by atoms with Gasteiger partial charge in [0.25, 0.3) is 5.88 Å². The predicted octanol–water partition coefficient (Wildman–Crippen LogP) is 4.53. The number of carbonyl (C=O) groups is 2. The lowest BCUT2D eigenvalue weighted by atomic mass is 9.93. The maximum absolute atomic E-state index is 12.7. The Morgan fingerprint density at radius 3 is 2.77 bits per heavy atom. The fraction of sp³-hybridized carbons (Fsp3) is 0.440. The summed E-state index contributed by atoms with van der Waals surface area (Å²) in [4.78, 5) is 38.7. The van der Waals surface area contributed by atoms with Gasteiger partial charge in [0.15, 0.2) is 11.2 Å². The second-order valence-electron chi connectivity index (χ2n) is 10.3. The zero-order chi connectivity index (χ0) is 28.4. The molecule has 0 bridgehead atoms. The van der Waals surface area contributed by atoms with Gasteiger partial charge in [0, 0.05) is 40.3 Å². The number of nitrogens with one attached hydrogen (secondary N) is 1. The molecule has 0 radical (unpaired) electrons. The van der Waals surface area contributed by atoms with E-state index < -0.39 is 23.3 Å². The summed E-state index contributed by atoms with van der Waals surface area (Å²) in [6, 6.07) is 5.85. The zero-order valence-electron chi connectivity index (χ0n) is 21.7. The summed E-state index contributed by atoms with van der Waals surface area (Å²) in [7, 11) is 0. The summed E-state index contributed by atoms with van der Waals surface area (Å²) in [6.07, 6.45) is 2.70. The normalized spacial score (nSPS) is 17.2. The SMILES string of the molecule is CC(C)(C)OC(=O)NC1(CCC#N)CCN(c2cc(Cl)cc(Br)c2Cn2cnc3c(OC(N)=O)ncnc32)C1. The molecule has 3 aromatic rings. The van der Waals surface area contributed by atoms with E-state index in [1.165, 1.54) is 6.33 Å². The van der Waals surface area contributed by atoms with E-state index in [4.69, 9.17) is 26.8 Å². The molecule has 1 saturated heterocycles. The number of aromatic nitrogens is 4. The molecule has 0 spiro atoms. The highest BCUT2D eigenvalue weighted by Gasteiger charge is 2.41. The molecule has 4 rings (SSSR count). The average molecular weight is 620 g/mol. The van der Waals surface area contributed by atoms with Gasteiger partial charge in [-0.3, -0.25) is 0 Å². The van der Waals surface area contributed by atoms with Crippen molar-refractivity contribution in [2.24, 2.45) is 5.73 Å². The first-order chi connectivity index (χ1) is 18.4. The van der Waals surface area contributed by atoms with Crippen LogP contribution in [0.1, 0.15) is 45.6 Å². The summed E-state index contributed by atoms with van der Waals surface area (Å²) in [6.45, 7) is 6.83. The summed E-state index contributed by atoms with van der Waals surface area (Å²) in [5.74, 6) is -0.0309. The first-order valence-electron chi connectivity index (χ1n) is 12.1. The molecule has 0 saturated carbocycles. The van der Waals surface area contributed by atoms with Gasteiger partial charge in [0.05, 0.1) is 24.5 Å². The van der Waals surface area contributed by atoms with Crippen LogP contribution in [0.3, 0.4) is 0 Å². The molecule has 206 valence electrons. The number of amides is 2. The van der Waals surface area contributed by atoms with Gasteiger partial charge in [-0.1, -0.05) is 27.5 Å². The minimum atomic E-state index is -0.999. The van der Waals surface area contributed by atoms with Crippen LogP contribution < -0.4 is 20.7 Å². The largest absolute Gasteiger partial charge is 0.444 e. The van der Waals surface area contributed by atoms with Gasteiger partial charge < -0.3 is 30.0 Å². The van der Waals surface area contributed by atoms with Gasteiger partial charge in [0.1, 0.15) is 11.9 Å². The number of halogens is 2. The molecule has 3 heterocycles. The number of ether oxygens (including phenoxy) is 2. The second kappa shape index (κ2) is 11.2. The first kappa shape index (κ1) is 28.4. The molecule has 1 aromatic carbocycles. The van der Waals surface area contributed by atoms with Gasteiger partial charge in [-0.05, 0) is 45.7 Å². The highest BCUT2D eigenvalue weighted by atomic mass is 79.9. The second-order valence-corrected chi connectivity index (χ2v) is 11.6. The van der Waals surface area contributed by atoms with Crippen LogP contribution in [0, 0.1) is 11.3 Å². The number of hydrogen-bond acceptors (Lipinski definition) is 9. The third-order valence-electron chi connectivity index (χ3n) is 6.21. The number of primary amides is 1. The van der Waals surface area contributed by atoms with Crippen molar-refractivity contribution < 1.29 is 19.1 Å². The van der Waals surface area contributed by atoms with Crippen LogP contribution in [-0.4, -0.2) is 55.9 Å². The maximum atomic E-state index is 12.7. The number of nitrogens with zero attached hydrogens (tertiary/aromatic N) is 6. The van der Waals surface area contributed by atoms with Crippen molar-refractivity contribution in [2.75, 3.05) is 18.0 Å². The van der Waals surface area contributed by atoms with Gasteiger partial charge in [0.2, 0.25) is 0 Å². The number of imidazole rings is 1. The number of carbonyl (C=O) groups excluding carboxylic acids is 2. The molecule has 2 aromatic heterocycles. The van der Waals surface area contributed by atoms with Crippen molar-refractivity contribution in [3.63, 3.8) is 0 Å². The third-order valence-corrected chi connectivity index (χ3v) is 7.13. The summed E-state index contributed by atoms with van der Waals surface area (Å²) >= 11 is 10.1. The van der Waals surface area contributed by atoms with Gasteiger partial charge in [-0.2, -0.15) is 10.2 Å². The molecular formula is C25H28BrClN8O4. The van der Waals surface area contributed by atoms with Crippen LogP contribution in [0.25, 0.3) is 11.2 Å². The Kier molecular flexibility index (Phi) is 8.17. The third kappa shape index (κ3) is 6.69. The van der Waals surface area contributed by atoms with Gasteiger partial charge >= 0.3 is 12.2 Å². The van der Waals surface area contributed by atoms with Gasteiger partial charge in [-0.15, -0.1) is 0 Å². The van der Waals surface area contributed by atoms with Crippen LogP contribution in [0.5, 0.6) is 5.88 Å². The number of fused-ring (bicyclic) bond motifs is 1.